The number of rotatable bonds is 4. The summed E-state index contributed by atoms with van der Waals surface area (Å²) in [7, 11) is 0. The van der Waals surface area contributed by atoms with E-state index in [9.17, 15) is 0 Å². The first-order valence-electron chi connectivity index (χ1n) is 7.40. The van der Waals surface area contributed by atoms with Gasteiger partial charge in [0.2, 0.25) is 0 Å². The van der Waals surface area contributed by atoms with E-state index in [0.717, 1.165) is 22.5 Å². The Bertz CT molecular complexity index is 689. The van der Waals surface area contributed by atoms with Crippen molar-refractivity contribution in [2.45, 2.75) is 27.7 Å². The molecule has 2 aromatic carbocycles. The van der Waals surface area contributed by atoms with Crippen LogP contribution < -0.4 is 21.7 Å². The Hall–Kier alpha value is -2.98. The Kier molecular flexibility index (Phi) is 5.23. The van der Waals surface area contributed by atoms with Crippen LogP contribution in [0, 0.1) is 27.7 Å². The Morgan fingerprint density at radius 1 is 0.783 bits per heavy atom. The third-order valence-electron chi connectivity index (χ3n) is 3.49. The predicted octanol–water partition coefficient (Wildman–Crippen LogP) is 3.04. The summed E-state index contributed by atoms with van der Waals surface area (Å²) in [5, 5.41) is 0. The van der Waals surface area contributed by atoms with Crippen molar-refractivity contribution in [3.63, 3.8) is 0 Å². The van der Waals surface area contributed by atoms with Crippen molar-refractivity contribution in [1.82, 2.24) is 10.9 Å². The highest BCUT2D eigenvalue weighted by Crippen LogP contribution is 2.15. The Labute approximate surface area is 136 Å². The quantitative estimate of drug-likeness (QED) is 0.230. The standard InChI is InChI=1S/C17H22N6/c1-11-5-7-15(13(3)9-11)20-22-17(19-18)23-21-16-8-6-12(2)10-14(16)4/h5-10,20-23H,1-4H3. The van der Waals surface area contributed by atoms with Gasteiger partial charge in [-0.25, -0.2) is 0 Å². The lowest BCUT2D eigenvalue weighted by Gasteiger charge is -2.11. The number of anilines is 2. The Balaban J connectivity index is 1.94. The molecule has 0 radical (unpaired) electrons. The number of benzene rings is 2. The van der Waals surface area contributed by atoms with E-state index in [-0.39, 0.29) is 5.96 Å². The number of nitrogens with one attached hydrogen (secondary N) is 4. The van der Waals surface area contributed by atoms with Crippen LogP contribution in [0.3, 0.4) is 0 Å². The summed E-state index contributed by atoms with van der Waals surface area (Å²) in [5.74, 6) is 0.157. The molecule has 2 aromatic rings. The number of nitrogens with zero attached hydrogens (tertiary/aromatic N) is 2. The third-order valence-corrected chi connectivity index (χ3v) is 3.49. The van der Waals surface area contributed by atoms with Gasteiger partial charge in [0.1, 0.15) is 0 Å². The molecule has 0 aliphatic carbocycles. The molecule has 0 atom stereocenters. The molecule has 0 aliphatic rings. The molecule has 2 rings (SSSR count). The van der Waals surface area contributed by atoms with Crippen molar-refractivity contribution in [2.75, 3.05) is 10.9 Å². The molecule has 0 heterocycles. The van der Waals surface area contributed by atoms with Gasteiger partial charge in [-0.2, -0.15) is 10.9 Å². The van der Waals surface area contributed by atoms with Crippen molar-refractivity contribution in [1.29, 1.82) is 0 Å². The van der Waals surface area contributed by atoms with Gasteiger partial charge in [-0.05, 0) is 51.0 Å². The monoisotopic (exact) mass is 310 g/mol. The molecule has 6 nitrogen and oxygen atoms in total. The zero-order valence-electron chi connectivity index (χ0n) is 13.9. The summed E-state index contributed by atoms with van der Waals surface area (Å²) < 4.78 is 0. The van der Waals surface area contributed by atoms with Crippen LogP contribution in [0.4, 0.5) is 11.4 Å². The van der Waals surface area contributed by atoms with Gasteiger partial charge in [0, 0.05) is 0 Å². The maximum atomic E-state index is 9.09. The normalized spacial score (nSPS) is 9.74. The van der Waals surface area contributed by atoms with E-state index >= 15 is 0 Å². The smallest absolute Gasteiger partial charge is 0.467 e. The minimum absolute atomic E-state index is 0.157. The second kappa shape index (κ2) is 7.33. The Morgan fingerprint density at radius 3 is 1.57 bits per heavy atom. The fourth-order valence-electron chi connectivity index (χ4n) is 2.24. The van der Waals surface area contributed by atoms with Crippen molar-refractivity contribution < 1.29 is 4.79 Å². The SMILES string of the molecule is Cc1ccc(NNC(=[N+]=[N-])NNc2ccc(C)cc2C)c(C)c1. The summed E-state index contributed by atoms with van der Waals surface area (Å²) in [5.41, 5.74) is 27.1. The average molecular weight is 310 g/mol. The second-order valence-corrected chi connectivity index (χ2v) is 5.59. The number of hydrogen-bond acceptors (Lipinski definition) is 2. The van der Waals surface area contributed by atoms with Gasteiger partial charge in [-0.15, -0.1) is 0 Å². The molecular weight excluding hydrogens is 288 g/mol. The average Bonchev–Trinajstić information content (AvgIpc) is 2.50. The van der Waals surface area contributed by atoms with E-state index in [4.69, 9.17) is 5.53 Å². The van der Waals surface area contributed by atoms with Gasteiger partial charge < -0.3 is 10.3 Å². The summed E-state index contributed by atoms with van der Waals surface area (Å²) in [6, 6.07) is 12.1. The lowest BCUT2D eigenvalue weighted by molar-refractivity contribution is -0.0149. The molecule has 23 heavy (non-hydrogen) atoms. The van der Waals surface area contributed by atoms with Crippen molar-refractivity contribution in [2.24, 2.45) is 0 Å². The zero-order chi connectivity index (χ0) is 16.8. The molecule has 0 aromatic heterocycles. The molecule has 120 valence electrons. The second-order valence-electron chi connectivity index (χ2n) is 5.59. The van der Waals surface area contributed by atoms with Crippen LogP contribution in [0.2, 0.25) is 0 Å². The summed E-state index contributed by atoms with van der Waals surface area (Å²) in [6.45, 7) is 8.10. The molecule has 0 fully saturated rings. The van der Waals surface area contributed by atoms with Crippen LogP contribution in [-0.2, 0) is 0 Å². The van der Waals surface area contributed by atoms with Gasteiger partial charge in [-0.3, -0.25) is 10.9 Å². The minimum atomic E-state index is 0.157. The van der Waals surface area contributed by atoms with E-state index in [1.165, 1.54) is 11.1 Å². The summed E-state index contributed by atoms with van der Waals surface area (Å²) in [4.78, 5) is 3.18. The van der Waals surface area contributed by atoms with Gasteiger partial charge in [0.15, 0.2) is 0 Å². The van der Waals surface area contributed by atoms with E-state index < -0.39 is 0 Å². The first-order valence-corrected chi connectivity index (χ1v) is 7.40. The fourth-order valence-corrected chi connectivity index (χ4v) is 2.24. The topological polar surface area (TPSA) is 84.5 Å². The number of hydrogen-bond donors (Lipinski definition) is 4. The largest absolute Gasteiger partial charge is 0.542 e. The highest BCUT2D eigenvalue weighted by molar-refractivity contribution is 5.77. The summed E-state index contributed by atoms with van der Waals surface area (Å²) in [6.07, 6.45) is 0. The van der Waals surface area contributed by atoms with Gasteiger partial charge in [0.05, 0.1) is 11.4 Å². The number of guanidine groups is 1. The minimum Gasteiger partial charge on any atom is -0.542 e. The third kappa shape index (κ3) is 4.49. The molecule has 0 bridgehead atoms. The van der Waals surface area contributed by atoms with Gasteiger partial charge in [0.25, 0.3) is 0 Å². The molecule has 0 spiro atoms. The maximum absolute atomic E-state index is 9.09. The van der Waals surface area contributed by atoms with Crippen LogP contribution in [0.25, 0.3) is 5.53 Å². The van der Waals surface area contributed by atoms with Gasteiger partial charge >= 0.3 is 5.96 Å². The predicted molar refractivity (Wildman–Crippen MR) is 94.0 cm³/mol. The first-order chi connectivity index (χ1) is 11.0. The van der Waals surface area contributed by atoms with Crippen molar-refractivity contribution in [3.05, 3.63) is 64.2 Å². The van der Waals surface area contributed by atoms with E-state index in [1.54, 1.807) is 0 Å². The van der Waals surface area contributed by atoms with E-state index in [2.05, 4.69) is 38.6 Å². The Morgan fingerprint density at radius 2 is 1.22 bits per heavy atom. The molecule has 0 saturated heterocycles. The van der Waals surface area contributed by atoms with Crippen molar-refractivity contribution >= 4 is 17.3 Å². The first kappa shape index (κ1) is 16.4. The van der Waals surface area contributed by atoms with Crippen LogP contribution in [0.1, 0.15) is 22.3 Å². The van der Waals surface area contributed by atoms with Crippen LogP contribution in [0.15, 0.2) is 36.4 Å². The lowest BCUT2D eigenvalue weighted by atomic mass is 10.1. The van der Waals surface area contributed by atoms with E-state index in [1.807, 2.05) is 52.0 Å². The fraction of sp³-hybridized carbons (Fsp3) is 0.235. The maximum Gasteiger partial charge on any atom is 0.467 e. The van der Waals surface area contributed by atoms with Crippen LogP contribution in [-0.4, -0.2) is 10.7 Å². The van der Waals surface area contributed by atoms with Crippen LogP contribution in [0.5, 0.6) is 0 Å². The van der Waals surface area contributed by atoms with Gasteiger partial charge in [-0.1, -0.05) is 35.4 Å². The molecule has 0 amide bonds. The number of aryl methyl sites for hydroxylation is 4. The lowest BCUT2D eigenvalue weighted by Crippen LogP contribution is -2.44. The van der Waals surface area contributed by atoms with Crippen LogP contribution >= 0.6 is 0 Å². The molecule has 4 N–H and O–H groups in total. The molecule has 6 heteroatoms. The molecule has 0 aliphatic heterocycles. The van der Waals surface area contributed by atoms with E-state index in [0.29, 0.717) is 0 Å². The highest BCUT2D eigenvalue weighted by atomic mass is 15.5. The molecule has 0 unspecified atom stereocenters. The zero-order valence-corrected chi connectivity index (χ0v) is 13.9. The number of hydrazine groups is 2. The highest BCUT2D eigenvalue weighted by Gasteiger charge is 2.08. The van der Waals surface area contributed by atoms with Crippen molar-refractivity contribution in [3.8, 4) is 0 Å². The molecule has 0 saturated carbocycles. The summed E-state index contributed by atoms with van der Waals surface area (Å²) >= 11 is 0. The molecular formula is C17H22N6.